The van der Waals surface area contributed by atoms with Crippen LogP contribution in [0.25, 0.3) is 0 Å². The normalized spacial score (nSPS) is 19.8. The Morgan fingerprint density at radius 1 is 1.12 bits per heavy atom. The molecule has 3 rings (SSSR count). The van der Waals surface area contributed by atoms with E-state index in [-0.39, 0.29) is 24.3 Å². The van der Waals surface area contributed by atoms with Gasteiger partial charge in [-0.1, -0.05) is 29.8 Å². The van der Waals surface area contributed by atoms with Gasteiger partial charge in [0, 0.05) is 19.2 Å². The first-order valence-corrected chi connectivity index (χ1v) is 8.26. The summed E-state index contributed by atoms with van der Waals surface area (Å²) in [5, 5.41) is 2.91. The SMILES string of the molecule is COc1ccc(NC(=O)[C@H]2CC(=O)N(C)[C@@H]2c2ccc(C)cc2)cc1. The van der Waals surface area contributed by atoms with Gasteiger partial charge in [0.15, 0.2) is 0 Å². The van der Waals surface area contributed by atoms with Crippen molar-refractivity contribution in [3.05, 3.63) is 59.7 Å². The highest BCUT2D eigenvalue weighted by Gasteiger charge is 2.42. The summed E-state index contributed by atoms with van der Waals surface area (Å²) < 4.78 is 5.12. The van der Waals surface area contributed by atoms with E-state index in [1.54, 1.807) is 43.3 Å². The van der Waals surface area contributed by atoms with Gasteiger partial charge in [0.1, 0.15) is 5.75 Å². The fourth-order valence-electron chi connectivity index (χ4n) is 3.23. The zero-order valence-corrected chi connectivity index (χ0v) is 14.7. The number of amides is 2. The molecule has 1 saturated heterocycles. The third-order valence-corrected chi connectivity index (χ3v) is 4.70. The Labute approximate surface area is 147 Å². The van der Waals surface area contributed by atoms with Gasteiger partial charge in [-0.05, 0) is 36.8 Å². The molecule has 0 aliphatic carbocycles. The number of ether oxygens (including phenoxy) is 1. The maximum Gasteiger partial charge on any atom is 0.230 e. The first-order chi connectivity index (χ1) is 12.0. The van der Waals surface area contributed by atoms with Gasteiger partial charge in [-0.2, -0.15) is 0 Å². The number of hydrogen-bond acceptors (Lipinski definition) is 3. The molecule has 130 valence electrons. The second kappa shape index (κ2) is 6.97. The average Bonchev–Trinajstić information content (AvgIpc) is 2.92. The van der Waals surface area contributed by atoms with Gasteiger partial charge in [0.05, 0.1) is 19.1 Å². The predicted molar refractivity (Wildman–Crippen MR) is 96.4 cm³/mol. The maximum absolute atomic E-state index is 12.8. The number of aryl methyl sites for hydroxylation is 1. The minimum absolute atomic E-state index is 0.0135. The molecule has 0 aromatic heterocycles. The number of nitrogens with one attached hydrogen (secondary N) is 1. The molecule has 2 amide bonds. The smallest absolute Gasteiger partial charge is 0.230 e. The summed E-state index contributed by atoms with van der Waals surface area (Å²) in [4.78, 5) is 26.7. The molecule has 0 radical (unpaired) electrons. The highest BCUT2D eigenvalue weighted by molar-refractivity contribution is 5.98. The van der Waals surface area contributed by atoms with E-state index in [0.717, 1.165) is 16.9 Å². The molecule has 1 N–H and O–H groups in total. The lowest BCUT2D eigenvalue weighted by Gasteiger charge is -2.25. The van der Waals surface area contributed by atoms with Crippen molar-refractivity contribution in [2.45, 2.75) is 19.4 Å². The molecular weight excluding hydrogens is 316 g/mol. The van der Waals surface area contributed by atoms with Crippen LogP contribution in [-0.2, 0) is 9.59 Å². The summed E-state index contributed by atoms with van der Waals surface area (Å²) in [6.45, 7) is 2.02. The Hall–Kier alpha value is -2.82. The molecule has 5 heteroatoms. The monoisotopic (exact) mass is 338 g/mol. The Kier molecular flexibility index (Phi) is 4.74. The second-order valence-corrected chi connectivity index (χ2v) is 6.39. The van der Waals surface area contributed by atoms with Crippen LogP contribution in [0.5, 0.6) is 5.75 Å². The molecule has 2 atom stereocenters. The van der Waals surface area contributed by atoms with Crippen molar-refractivity contribution in [2.75, 3.05) is 19.5 Å². The number of methoxy groups -OCH3 is 1. The lowest BCUT2D eigenvalue weighted by atomic mass is 9.92. The number of hydrogen-bond donors (Lipinski definition) is 1. The van der Waals surface area contributed by atoms with E-state index >= 15 is 0 Å². The maximum atomic E-state index is 12.8. The largest absolute Gasteiger partial charge is 0.497 e. The van der Waals surface area contributed by atoms with Crippen LogP contribution >= 0.6 is 0 Å². The molecule has 1 fully saturated rings. The lowest BCUT2D eigenvalue weighted by molar-refractivity contribution is -0.127. The van der Waals surface area contributed by atoms with Crippen LogP contribution in [-0.4, -0.2) is 30.9 Å². The molecule has 1 aliphatic rings. The van der Waals surface area contributed by atoms with Gasteiger partial charge < -0.3 is 15.0 Å². The lowest BCUT2D eigenvalue weighted by Crippen LogP contribution is -2.30. The first kappa shape index (κ1) is 17.0. The summed E-state index contributed by atoms with van der Waals surface area (Å²) >= 11 is 0. The number of likely N-dealkylation sites (tertiary alicyclic amines) is 1. The van der Waals surface area contributed by atoms with E-state index in [1.807, 2.05) is 31.2 Å². The highest BCUT2D eigenvalue weighted by Crippen LogP contribution is 2.37. The molecule has 1 heterocycles. The van der Waals surface area contributed by atoms with Gasteiger partial charge in [-0.15, -0.1) is 0 Å². The van der Waals surface area contributed by atoms with Crippen LogP contribution in [0.1, 0.15) is 23.6 Å². The minimum Gasteiger partial charge on any atom is -0.497 e. The van der Waals surface area contributed by atoms with Crippen molar-refractivity contribution in [1.82, 2.24) is 4.90 Å². The van der Waals surface area contributed by atoms with Gasteiger partial charge >= 0.3 is 0 Å². The van der Waals surface area contributed by atoms with Gasteiger partial charge in [-0.25, -0.2) is 0 Å². The van der Waals surface area contributed by atoms with Crippen LogP contribution in [0.15, 0.2) is 48.5 Å². The van der Waals surface area contributed by atoms with Gasteiger partial charge in [-0.3, -0.25) is 9.59 Å². The fourth-order valence-corrected chi connectivity index (χ4v) is 3.23. The van der Waals surface area contributed by atoms with Gasteiger partial charge in [0.25, 0.3) is 0 Å². The number of benzene rings is 2. The molecule has 25 heavy (non-hydrogen) atoms. The summed E-state index contributed by atoms with van der Waals surface area (Å²) in [6, 6.07) is 14.9. The van der Waals surface area contributed by atoms with Crippen molar-refractivity contribution in [1.29, 1.82) is 0 Å². The Balaban J connectivity index is 1.81. The molecule has 0 unspecified atom stereocenters. The Morgan fingerprint density at radius 2 is 1.76 bits per heavy atom. The number of anilines is 1. The molecule has 5 nitrogen and oxygen atoms in total. The summed E-state index contributed by atoms with van der Waals surface area (Å²) in [5.74, 6) is 0.155. The van der Waals surface area contributed by atoms with Crippen LogP contribution in [0.4, 0.5) is 5.69 Å². The van der Waals surface area contributed by atoms with E-state index in [9.17, 15) is 9.59 Å². The fraction of sp³-hybridized carbons (Fsp3) is 0.300. The van der Waals surface area contributed by atoms with Crippen molar-refractivity contribution in [2.24, 2.45) is 5.92 Å². The number of rotatable bonds is 4. The van der Waals surface area contributed by atoms with Gasteiger partial charge in [0.2, 0.25) is 11.8 Å². The predicted octanol–water partition coefficient (Wildman–Crippen LogP) is 3.16. The topological polar surface area (TPSA) is 58.6 Å². The molecule has 0 bridgehead atoms. The number of nitrogens with zero attached hydrogens (tertiary/aromatic N) is 1. The van der Waals surface area contributed by atoms with E-state index < -0.39 is 5.92 Å². The summed E-state index contributed by atoms with van der Waals surface area (Å²) in [5.41, 5.74) is 2.82. The van der Waals surface area contributed by atoms with Crippen LogP contribution < -0.4 is 10.1 Å². The Bertz CT molecular complexity index is 769. The van der Waals surface area contributed by atoms with Crippen molar-refractivity contribution >= 4 is 17.5 Å². The second-order valence-electron chi connectivity index (χ2n) is 6.39. The first-order valence-electron chi connectivity index (χ1n) is 8.26. The van der Waals surface area contributed by atoms with Crippen molar-refractivity contribution < 1.29 is 14.3 Å². The third-order valence-electron chi connectivity index (χ3n) is 4.70. The van der Waals surface area contributed by atoms with Crippen LogP contribution in [0, 0.1) is 12.8 Å². The van der Waals surface area contributed by atoms with Crippen LogP contribution in [0.2, 0.25) is 0 Å². The number of carbonyl (C=O) groups is 2. The molecule has 0 saturated carbocycles. The summed E-state index contributed by atoms with van der Waals surface area (Å²) in [7, 11) is 3.35. The minimum atomic E-state index is -0.415. The molecule has 1 aliphatic heterocycles. The molecule has 2 aromatic carbocycles. The van der Waals surface area contributed by atoms with Crippen molar-refractivity contribution in [3.8, 4) is 5.75 Å². The average molecular weight is 338 g/mol. The molecular formula is C20H22N2O3. The third kappa shape index (κ3) is 3.50. The van der Waals surface area contributed by atoms with E-state index in [2.05, 4.69) is 5.32 Å². The zero-order chi connectivity index (χ0) is 18.0. The molecule has 2 aromatic rings. The van der Waals surface area contributed by atoms with E-state index in [1.165, 1.54) is 0 Å². The number of carbonyl (C=O) groups excluding carboxylic acids is 2. The van der Waals surface area contributed by atoms with E-state index in [4.69, 9.17) is 4.74 Å². The zero-order valence-electron chi connectivity index (χ0n) is 14.7. The summed E-state index contributed by atoms with van der Waals surface area (Å²) in [6.07, 6.45) is 0.219. The van der Waals surface area contributed by atoms with Crippen molar-refractivity contribution in [3.63, 3.8) is 0 Å². The molecule has 0 spiro atoms. The van der Waals surface area contributed by atoms with Crippen LogP contribution in [0.3, 0.4) is 0 Å². The highest BCUT2D eigenvalue weighted by atomic mass is 16.5. The standard InChI is InChI=1S/C20H22N2O3/c1-13-4-6-14(7-5-13)19-17(12-18(23)22(19)2)20(24)21-15-8-10-16(25-3)11-9-15/h4-11,17,19H,12H2,1-3H3,(H,21,24)/t17-,19+/m0/s1. The quantitative estimate of drug-likeness (QED) is 0.931. The van der Waals surface area contributed by atoms with E-state index in [0.29, 0.717) is 5.69 Å². The Morgan fingerprint density at radius 3 is 2.36 bits per heavy atom.